The Kier molecular flexibility index (Phi) is 30.5. The summed E-state index contributed by atoms with van der Waals surface area (Å²) in [5.41, 5.74) is 6.05. The molecule has 0 aromatic rings. The summed E-state index contributed by atoms with van der Waals surface area (Å²) in [6.45, 7) is 17.8. The molecular formula is C18H42N3O4Y-. The molecule has 1 heterocycles. The number of amides is 1. The third-order valence-electron chi connectivity index (χ3n) is 3.09. The van der Waals surface area contributed by atoms with Crippen LogP contribution in [-0.2, 0) is 47.1 Å². The van der Waals surface area contributed by atoms with Crippen molar-refractivity contribution in [3.8, 4) is 0 Å². The van der Waals surface area contributed by atoms with Gasteiger partial charge in [0, 0.05) is 57.4 Å². The van der Waals surface area contributed by atoms with Crippen molar-refractivity contribution < 1.29 is 52.4 Å². The Morgan fingerprint density at radius 2 is 1.88 bits per heavy atom. The molecule has 1 rings (SSSR count). The van der Waals surface area contributed by atoms with Crippen LogP contribution in [0.1, 0.15) is 68.2 Å². The third-order valence-corrected chi connectivity index (χ3v) is 3.09. The maximum absolute atomic E-state index is 10.2. The van der Waals surface area contributed by atoms with Crippen molar-refractivity contribution in [2.75, 3.05) is 19.7 Å². The van der Waals surface area contributed by atoms with Crippen molar-refractivity contribution in [1.29, 1.82) is 0 Å². The van der Waals surface area contributed by atoms with E-state index in [0.29, 0.717) is 19.2 Å². The van der Waals surface area contributed by atoms with Crippen LogP contribution in [0.25, 0.3) is 5.73 Å². The predicted molar refractivity (Wildman–Crippen MR) is 105 cm³/mol. The van der Waals surface area contributed by atoms with E-state index in [9.17, 15) is 4.79 Å². The van der Waals surface area contributed by atoms with E-state index in [1.165, 1.54) is 0 Å². The first-order chi connectivity index (χ1) is 11.7. The van der Waals surface area contributed by atoms with Gasteiger partial charge in [-0.15, -0.1) is 0 Å². The van der Waals surface area contributed by atoms with Gasteiger partial charge in [0.2, 0.25) is 6.41 Å². The number of ether oxygens (including phenoxy) is 1. The van der Waals surface area contributed by atoms with Crippen molar-refractivity contribution in [2.24, 2.45) is 0 Å². The zero-order valence-corrected chi connectivity index (χ0v) is 20.9. The van der Waals surface area contributed by atoms with Gasteiger partial charge in [-0.2, -0.15) is 6.54 Å². The molecular weight excluding hydrogens is 411 g/mol. The SMILES string of the molecule is CC.CC(C)OCCC(C)(C)NC=O.CC1CC(OO)CN1.CC[NH-].[Y]. The molecule has 1 aliphatic heterocycles. The molecule has 0 aromatic heterocycles. The summed E-state index contributed by atoms with van der Waals surface area (Å²) >= 11 is 0. The third kappa shape index (κ3) is 26.6. The van der Waals surface area contributed by atoms with Gasteiger partial charge in [0.05, 0.1) is 6.10 Å². The zero-order chi connectivity index (χ0) is 20.3. The molecule has 0 bridgehead atoms. The Morgan fingerprint density at radius 3 is 2.15 bits per heavy atom. The van der Waals surface area contributed by atoms with E-state index in [2.05, 4.69) is 22.4 Å². The molecule has 157 valence electrons. The van der Waals surface area contributed by atoms with Gasteiger partial charge in [-0.25, -0.2) is 4.89 Å². The monoisotopic (exact) mass is 453 g/mol. The first-order valence-electron chi connectivity index (χ1n) is 9.23. The van der Waals surface area contributed by atoms with Crippen LogP contribution in [-0.4, -0.2) is 55.2 Å². The minimum absolute atomic E-state index is 0. The average Bonchev–Trinajstić information content (AvgIpc) is 2.96. The van der Waals surface area contributed by atoms with E-state index in [1.807, 2.05) is 41.5 Å². The first-order valence-corrected chi connectivity index (χ1v) is 9.23. The summed E-state index contributed by atoms with van der Waals surface area (Å²) in [5, 5.41) is 14.0. The zero-order valence-electron chi connectivity index (χ0n) is 18.1. The Hall–Kier alpha value is 0.374. The van der Waals surface area contributed by atoms with Gasteiger partial charge in [0.1, 0.15) is 6.10 Å². The number of hydrogen-bond acceptors (Lipinski definition) is 5. The molecule has 1 amide bonds. The Labute approximate surface area is 186 Å². The van der Waals surface area contributed by atoms with Crippen LogP contribution < -0.4 is 10.6 Å². The minimum Gasteiger partial charge on any atom is -0.678 e. The van der Waals surface area contributed by atoms with Gasteiger partial charge in [-0.05, 0) is 47.5 Å². The maximum atomic E-state index is 10.2. The second kappa shape index (κ2) is 23.4. The number of hydrogen-bond donors (Lipinski definition) is 3. The summed E-state index contributed by atoms with van der Waals surface area (Å²) in [5.74, 6) is 0. The van der Waals surface area contributed by atoms with E-state index in [1.54, 1.807) is 6.92 Å². The Bertz CT molecular complexity index is 283. The molecule has 1 fully saturated rings. The molecule has 0 spiro atoms. The first kappa shape index (κ1) is 33.9. The number of nitrogens with one attached hydrogen (secondary N) is 3. The van der Waals surface area contributed by atoms with Gasteiger partial charge >= 0.3 is 0 Å². The molecule has 1 saturated heterocycles. The molecule has 0 saturated carbocycles. The second-order valence-corrected chi connectivity index (χ2v) is 6.44. The Balaban J connectivity index is -0.000000149. The summed E-state index contributed by atoms with van der Waals surface area (Å²) in [7, 11) is 0. The molecule has 0 aromatic carbocycles. The van der Waals surface area contributed by atoms with Crippen molar-refractivity contribution in [3.05, 3.63) is 5.73 Å². The minimum atomic E-state index is -0.156. The maximum Gasteiger partial charge on any atom is 0.207 e. The summed E-state index contributed by atoms with van der Waals surface area (Å²) in [6, 6.07) is 0.493. The van der Waals surface area contributed by atoms with E-state index >= 15 is 0 Å². The largest absolute Gasteiger partial charge is 0.678 e. The van der Waals surface area contributed by atoms with Crippen LogP contribution in [0.4, 0.5) is 0 Å². The van der Waals surface area contributed by atoms with E-state index in [-0.39, 0.29) is 50.5 Å². The summed E-state index contributed by atoms with van der Waals surface area (Å²) < 4.78 is 5.37. The van der Waals surface area contributed by atoms with Crippen LogP contribution >= 0.6 is 0 Å². The van der Waals surface area contributed by atoms with Crippen LogP contribution in [0.5, 0.6) is 0 Å². The fourth-order valence-corrected chi connectivity index (χ4v) is 1.76. The quantitative estimate of drug-likeness (QED) is 0.310. The molecule has 7 nitrogen and oxygen atoms in total. The van der Waals surface area contributed by atoms with Gasteiger partial charge in [0.25, 0.3) is 0 Å². The molecule has 0 aliphatic carbocycles. The number of rotatable bonds is 7. The normalized spacial score (nSPS) is 18.1. The standard InChI is InChI=1S/C9H19NO2.C5H11NO2.C2H6N.C2H6.Y/c1-8(2)12-6-5-9(3,4)10-7-11;1-4-2-5(8-7)3-6-4;1-2-3;1-2;/h7-8H,5-6H2,1-4H3,(H,10,11);4-7H,2-3H2,1H3;3H,2H2,1H3;1-2H3;/q;;-1;;. The number of carbonyl (C=O) groups excluding carboxylic acids is 1. The molecule has 2 atom stereocenters. The van der Waals surface area contributed by atoms with E-state index in [0.717, 1.165) is 25.8 Å². The van der Waals surface area contributed by atoms with Gasteiger partial charge in [-0.1, -0.05) is 20.8 Å². The van der Waals surface area contributed by atoms with Crippen molar-refractivity contribution in [2.45, 2.75) is 92.0 Å². The molecule has 1 radical (unpaired) electrons. The molecule has 1 aliphatic rings. The van der Waals surface area contributed by atoms with E-state index < -0.39 is 0 Å². The Morgan fingerprint density at radius 1 is 1.38 bits per heavy atom. The molecule has 8 heteroatoms. The topological polar surface area (TPSA) is 104 Å². The average molecular weight is 453 g/mol. The van der Waals surface area contributed by atoms with Crippen LogP contribution in [0.15, 0.2) is 0 Å². The summed E-state index contributed by atoms with van der Waals surface area (Å²) in [6.07, 6.45) is 2.76. The predicted octanol–water partition coefficient (Wildman–Crippen LogP) is 3.63. The van der Waals surface area contributed by atoms with Crippen molar-refractivity contribution >= 4 is 6.41 Å². The van der Waals surface area contributed by atoms with Crippen LogP contribution in [0.2, 0.25) is 0 Å². The second-order valence-electron chi connectivity index (χ2n) is 6.44. The fraction of sp³-hybridized carbons (Fsp3) is 0.944. The van der Waals surface area contributed by atoms with Gasteiger partial charge in [0.15, 0.2) is 0 Å². The van der Waals surface area contributed by atoms with Gasteiger partial charge < -0.3 is 21.1 Å². The smallest absolute Gasteiger partial charge is 0.207 e. The van der Waals surface area contributed by atoms with Crippen molar-refractivity contribution in [3.63, 3.8) is 0 Å². The summed E-state index contributed by atoms with van der Waals surface area (Å²) in [4.78, 5) is 14.3. The molecule has 2 unspecified atom stereocenters. The fourth-order valence-electron chi connectivity index (χ4n) is 1.76. The molecule has 4 N–H and O–H groups in total. The van der Waals surface area contributed by atoms with Crippen molar-refractivity contribution in [1.82, 2.24) is 10.6 Å². The number of carbonyl (C=O) groups is 1. The van der Waals surface area contributed by atoms with Crippen LogP contribution in [0.3, 0.4) is 0 Å². The molecule has 26 heavy (non-hydrogen) atoms. The van der Waals surface area contributed by atoms with Gasteiger partial charge in [-0.3, -0.25) is 10.1 Å². The van der Waals surface area contributed by atoms with Crippen LogP contribution in [0, 0.1) is 0 Å². The van der Waals surface area contributed by atoms with E-state index in [4.69, 9.17) is 15.7 Å².